The number of benzene rings is 1. The van der Waals surface area contributed by atoms with E-state index >= 15 is 0 Å². The van der Waals surface area contributed by atoms with Crippen LogP contribution < -0.4 is 14.8 Å². The Hall–Kier alpha value is -2.27. The fourth-order valence-electron chi connectivity index (χ4n) is 2.09. The zero-order valence-electron chi connectivity index (χ0n) is 12.6. The SMILES string of the molecule is COc1ccc(OC)c(C(C)NC(=O)c2cccnc2Cl)c1. The maximum Gasteiger partial charge on any atom is 0.254 e. The van der Waals surface area contributed by atoms with E-state index in [0.29, 0.717) is 17.1 Å². The van der Waals surface area contributed by atoms with Crippen molar-refractivity contribution in [1.29, 1.82) is 0 Å². The van der Waals surface area contributed by atoms with Gasteiger partial charge in [0.25, 0.3) is 5.91 Å². The number of aromatic nitrogens is 1. The van der Waals surface area contributed by atoms with Crippen LogP contribution in [0.5, 0.6) is 11.5 Å². The van der Waals surface area contributed by atoms with Crippen molar-refractivity contribution in [2.45, 2.75) is 13.0 Å². The number of nitrogens with one attached hydrogen (secondary N) is 1. The second kappa shape index (κ2) is 7.13. The number of hydrogen-bond acceptors (Lipinski definition) is 4. The molecule has 0 aliphatic carbocycles. The van der Waals surface area contributed by atoms with Crippen molar-refractivity contribution < 1.29 is 14.3 Å². The van der Waals surface area contributed by atoms with E-state index in [-0.39, 0.29) is 17.1 Å². The van der Waals surface area contributed by atoms with Crippen molar-refractivity contribution in [2.24, 2.45) is 0 Å². The molecule has 2 aromatic rings. The highest BCUT2D eigenvalue weighted by molar-refractivity contribution is 6.32. The molecule has 0 saturated heterocycles. The number of halogens is 1. The van der Waals surface area contributed by atoms with Crippen LogP contribution in [0.4, 0.5) is 0 Å². The van der Waals surface area contributed by atoms with Gasteiger partial charge in [-0.15, -0.1) is 0 Å². The van der Waals surface area contributed by atoms with Gasteiger partial charge in [-0.25, -0.2) is 4.98 Å². The molecule has 5 nitrogen and oxygen atoms in total. The predicted octanol–water partition coefficient (Wildman–Crippen LogP) is 3.24. The van der Waals surface area contributed by atoms with Gasteiger partial charge in [0, 0.05) is 11.8 Å². The smallest absolute Gasteiger partial charge is 0.254 e. The number of ether oxygens (including phenoxy) is 2. The van der Waals surface area contributed by atoms with Gasteiger partial charge in [0.2, 0.25) is 0 Å². The lowest BCUT2D eigenvalue weighted by atomic mass is 10.1. The van der Waals surface area contributed by atoms with Crippen LogP contribution in [0.15, 0.2) is 36.5 Å². The summed E-state index contributed by atoms with van der Waals surface area (Å²) in [5.41, 5.74) is 1.15. The first kappa shape index (κ1) is 16.1. The minimum atomic E-state index is -0.296. The molecule has 22 heavy (non-hydrogen) atoms. The second-order valence-corrected chi connectivity index (χ2v) is 5.00. The lowest BCUT2D eigenvalue weighted by Gasteiger charge is -2.18. The van der Waals surface area contributed by atoms with Gasteiger partial charge in [-0.1, -0.05) is 11.6 Å². The topological polar surface area (TPSA) is 60.5 Å². The highest BCUT2D eigenvalue weighted by Gasteiger charge is 2.18. The number of carbonyl (C=O) groups is 1. The molecule has 1 atom stereocenters. The Bertz CT molecular complexity index is 676. The van der Waals surface area contributed by atoms with Crippen molar-refractivity contribution in [3.8, 4) is 11.5 Å². The third-order valence-corrected chi connectivity index (χ3v) is 3.56. The third-order valence-electron chi connectivity index (χ3n) is 3.25. The number of methoxy groups -OCH3 is 2. The van der Waals surface area contributed by atoms with E-state index in [4.69, 9.17) is 21.1 Å². The van der Waals surface area contributed by atoms with E-state index < -0.39 is 0 Å². The molecule has 1 heterocycles. The van der Waals surface area contributed by atoms with Gasteiger partial charge in [-0.3, -0.25) is 4.79 Å². The predicted molar refractivity (Wildman–Crippen MR) is 84.7 cm³/mol. The Kier molecular flexibility index (Phi) is 5.22. The summed E-state index contributed by atoms with van der Waals surface area (Å²) in [6.07, 6.45) is 1.54. The molecule has 1 N–H and O–H groups in total. The van der Waals surface area contributed by atoms with Gasteiger partial charge < -0.3 is 14.8 Å². The lowest BCUT2D eigenvalue weighted by Crippen LogP contribution is -2.27. The fourth-order valence-corrected chi connectivity index (χ4v) is 2.29. The lowest BCUT2D eigenvalue weighted by molar-refractivity contribution is 0.0939. The molecule has 2 rings (SSSR count). The average Bonchev–Trinajstić information content (AvgIpc) is 2.54. The van der Waals surface area contributed by atoms with Crippen molar-refractivity contribution in [2.75, 3.05) is 14.2 Å². The maximum atomic E-state index is 12.3. The van der Waals surface area contributed by atoms with Crippen LogP contribution >= 0.6 is 11.6 Å². The number of amides is 1. The van der Waals surface area contributed by atoms with Gasteiger partial charge >= 0.3 is 0 Å². The Morgan fingerprint density at radius 3 is 2.68 bits per heavy atom. The zero-order valence-corrected chi connectivity index (χ0v) is 13.3. The van der Waals surface area contributed by atoms with Crippen molar-refractivity contribution in [3.05, 3.63) is 52.8 Å². The van der Waals surface area contributed by atoms with E-state index in [1.807, 2.05) is 13.0 Å². The Morgan fingerprint density at radius 2 is 2.05 bits per heavy atom. The minimum absolute atomic E-state index is 0.171. The number of hydrogen-bond donors (Lipinski definition) is 1. The summed E-state index contributed by atoms with van der Waals surface area (Å²) in [5.74, 6) is 1.07. The molecule has 0 fully saturated rings. The average molecular weight is 321 g/mol. The normalized spacial score (nSPS) is 11.6. The van der Waals surface area contributed by atoms with E-state index in [1.165, 1.54) is 6.20 Å². The molecular formula is C16H17ClN2O3. The van der Waals surface area contributed by atoms with Crippen molar-refractivity contribution in [1.82, 2.24) is 10.3 Å². The molecule has 0 aliphatic heterocycles. The van der Waals surface area contributed by atoms with Crippen LogP contribution in [0.2, 0.25) is 5.15 Å². The molecule has 0 bridgehead atoms. The molecule has 1 aromatic carbocycles. The van der Waals surface area contributed by atoms with Crippen molar-refractivity contribution >= 4 is 17.5 Å². The van der Waals surface area contributed by atoms with E-state index in [1.54, 1.807) is 38.5 Å². The zero-order chi connectivity index (χ0) is 16.1. The summed E-state index contributed by atoms with van der Waals surface area (Å²) in [7, 11) is 3.17. The standard InChI is InChI=1S/C16H17ClN2O3/c1-10(13-9-11(21-2)6-7-14(13)22-3)19-16(20)12-5-4-8-18-15(12)17/h4-10H,1-3H3,(H,19,20). The van der Waals surface area contributed by atoms with Crippen molar-refractivity contribution in [3.63, 3.8) is 0 Å². The molecule has 0 radical (unpaired) electrons. The van der Waals surface area contributed by atoms with Crippen LogP contribution in [0, 0.1) is 0 Å². The molecule has 6 heteroatoms. The second-order valence-electron chi connectivity index (χ2n) is 4.64. The highest BCUT2D eigenvalue weighted by atomic mass is 35.5. The van der Waals surface area contributed by atoms with Gasteiger partial charge in [0.15, 0.2) is 0 Å². The van der Waals surface area contributed by atoms with Crippen LogP contribution in [0.25, 0.3) is 0 Å². The van der Waals surface area contributed by atoms with Gasteiger partial charge in [0.1, 0.15) is 16.7 Å². The van der Waals surface area contributed by atoms with E-state index in [0.717, 1.165) is 5.56 Å². The molecule has 1 unspecified atom stereocenters. The first-order valence-electron chi connectivity index (χ1n) is 6.70. The highest BCUT2D eigenvalue weighted by Crippen LogP contribution is 2.29. The molecule has 0 saturated carbocycles. The Balaban J connectivity index is 2.23. The number of pyridine rings is 1. The fraction of sp³-hybridized carbons (Fsp3) is 0.250. The quantitative estimate of drug-likeness (QED) is 0.859. The van der Waals surface area contributed by atoms with E-state index in [9.17, 15) is 4.79 Å². The van der Waals surface area contributed by atoms with Gasteiger partial charge in [-0.2, -0.15) is 0 Å². The summed E-state index contributed by atoms with van der Waals surface area (Å²) in [6, 6.07) is 8.43. The molecular weight excluding hydrogens is 304 g/mol. The number of carbonyl (C=O) groups excluding carboxylic acids is 1. The monoisotopic (exact) mass is 320 g/mol. The van der Waals surface area contributed by atoms with E-state index in [2.05, 4.69) is 10.3 Å². The molecule has 0 aliphatic rings. The number of rotatable bonds is 5. The number of nitrogens with zero attached hydrogens (tertiary/aromatic N) is 1. The summed E-state index contributed by atoms with van der Waals surface area (Å²) in [5, 5.41) is 3.05. The first-order valence-corrected chi connectivity index (χ1v) is 7.08. The summed E-state index contributed by atoms with van der Waals surface area (Å²) < 4.78 is 10.5. The molecule has 1 amide bonds. The third kappa shape index (κ3) is 3.49. The summed E-state index contributed by atoms with van der Waals surface area (Å²) >= 11 is 5.94. The van der Waals surface area contributed by atoms with Crippen LogP contribution in [-0.4, -0.2) is 25.1 Å². The Labute approximate surface area is 134 Å². The molecule has 1 aromatic heterocycles. The largest absolute Gasteiger partial charge is 0.497 e. The summed E-state index contributed by atoms with van der Waals surface area (Å²) in [6.45, 7) is 1.86. The molecule has 116 valence electrons. The Morgan fingerprint density at radius 1 is 1.27 bits per heavy atom. The van der Waals surface area contributed by atoms with Crippen LogP contribution in [-0.2, 0) is 0 Å². The van der Waals surface area contributed by atoms with Gasteiger partial charge in [0.05, 0.1) is 25.8 Å². The first-order chi connectivity index (χ1) is 10.6. The van der Waals surface area contributed by atoms with Crippen LogP contribution in [0.3, 0.4) is 0 Å². The van der Waals surface area contributed by atoms with Gasteiger partial charge in [-0.05, 0) is 37.3 Å². The van der Waals surface area contributed by atoms with Crippen LogP contribution in [0.1, 0.15) is 28.9 Å². The summed E-state index contributed by atoms with van der Waals surface area (Å²) in [4.78, 5) is 16.2. The minimum Gasteiger partial charge on any atom is -0.497 e. The molecule has 0 spiro atoms. The maximum absolute atomic E-state index is 12.3.